The Balaban J connectivity index is 2.10. The smallest absolute Gasteiger partial charge is 0.263 e. The monoisotopic (exact) mass is 420 g/mol. The molecule has 0 aliphatic carbocycles. The molecule has 0 fully saturated rings. The molecule has 1 heterocycles. The van der Waals surface area contributed by atoms with E-state index in [-0.39, 0.29) is 11.5 Å². The molecule has 0 atom stereocenters. The van der Waals surface area contributed by atoms with Crippen LogP contribution in [0.3, 0.4) is 0 Å². The van der Waals surface area contributed by atoms with Gasteiger partial charge < -0.3 is 10.2 Å². The Morgan fingerprint density at radius 3 is 2.39 bits per heavy atom. The van der Waals surface area contributed by atoms with E-state index in [0.29, 0.717) is 41.4 Å². The number of aromatic nitrogens is 2. The molecule has 0 spiro atoms. The Morgan fingerprint density at radius 1 is 1.10 bits per heavy atom. The molecule has 0 saturated carbocycles. The average molecular weight is 421 g/mol. The molecule has 0 bridgehead atoms. The highest BCUT2D eigenvalue weighted by molar-refractivity contribution is 5.97. The van der Waals surface area contributed by atoms with E-state index in [1.807, 2.05) is 45.0 Å². The SMILES string of the molecule is CCN(CC)c1nc2cc(C(=O)NCC(C)C)ccc2c(=O)n1Cc1ccc(C)cc1. The van der Waals surface area contributed by atoms with E-state index in [1.165, 1.54) is 5.56 Å². The van der Waals surface area contributed by atoms with Gasteiger partial charge in [0, 0.05) is 25.2 Å². The number of amides is 1. The Kier molecular flexibility index (Phi) is 7.10. The predicted octanol–water partition coefficient (Wildman–Crippen LogP) is 3.99. The van der Waals surface area contributed by atoms with Gasteiger partial charge in [-0.1, -0.05) is 43.7 Å². The highest BCUT2D eigenvalue weighted by Gasteiger charge is 2.17. The molecule has 164 valence electrons. The summed E-state index contributed by atoms with van der Waals surface area (Å²) >= 11 is 0. The fraction of sp³-hybridized carbons (Fsp3) is 0.400. The maximum atomic E-state index is 13.4. The highest BCUT2D eigenvalue weighted by atomic mass is 16.1. The number of anilines is 1. The lowest BCUT2D eigenvalue weighted by Gasteiger charge is -2.24. The van der Waals surface area contributed by atoms with Gasteiger partial charge in [-0.15, -0.1) is 0 Å². The molecule has 2 aromatic carbocycles. The summed E-state index contributed by atoms with van der Waals surface area (Å²) in [4.78, 5) is 32.9. The number of benzene rings is 2. The van der Waals surface area contributed by atoms with E-state index in [9.17, 15) is 9.59 Å². The van der Waals surface area contributed by atoms with Crippen molar-refractivity contribution < 1.29 is 4.79 Å². The minimum absolute atomic E-state index is 0.0957. The van der Waals surface area contributed by atoms with Crippen molar-refractivity contribution in [1.82, 2.24) is 14.9 Å². The first-order valence-electron chi connectivity index (χ1n) is 11.0. The Hall–Kier alpha value is -3.15. The zero-order valence-electron chi connectivity index (χ0n) is 19.1. The van der Waals surface area contributed by atoms with E-state index < -0.39 is 0 Å². The van der Waals surface area contributed by atoms with Crippen LogP contribution in [-0.4, -0.2) is 35.1 Å². The van der Waals surface area contributed by atoms with Crippen LogP contribution < -0.4 is 15.8 Å². The van der Waals surface area contributed by atoms with Crippen molar-refractivity contribution in [2.45, 2.75) is 41.2 Å². The lowest BCUT2D eigenvalue weighted by molar-refractivity contribution is 0.0949. The van der Waals surface area contributed by atoms with Gasteiger partial charge in [-0.25, -0.2) is 4.98 Å². The van der Waals surface area contributed by atoms with Crippen molar-refractivity contribution >= 4 is 22.8 Å². The standard InChI is InChI=1S/C25H32N4O2/c1-6-28(7-2)25-27-22-14-20(23(30)26-15-17(3)4)12-13-21(22)24(31)29(25)16-19-10-8-18(5)9-11-19/h8-14,17H,6-7,15-16H2,1-5H3,(H,26,30). The van der Waals surface area contributed by atoms with Gasteiger partial charge in [0.2, 0.25) is 5.95 Å². The Morgan fingerprint density at radius 2 is 1.77 bits per heavy atom. The molecule has 0 saturated heterocycles. The van der Waals surface area contributed by atoms with Crippen LogP contribution in [0.2, 0.25) is 0 Å². The molecular weight excluding hydrogens is 388 g/mol. The summed E-state index contributed by atoms with van der Waals surface area (Å²) in [6.07, 6.45) is 0. The fourth-order valence-corrected chi connectivity index (χ4v) is 3.52. The van der Waals surface area contributed by atoms with Crippen molar-refractivity contribution in [1.29, 1.82) is 0 Å². The van der Waals surface area contributed by atoms with Gasteiger partial charge in [-0.2, -0.15) is 0 Å². The van der Waals surface area contributed by atoms with E-state index in [1.54, 1.807) is 22.8 Å². The molecular formula is C25H32N4O2. The molecule has 6 heteroatoms. The quantitative estimate of drug-likeness (QED) is 0.598. The van der Waals surface area contributed by atoms with Crippen LogP contribution in [0, 0.1) is 12.8 Å². The Bertz CT molecular complexity index is 1110. The summed E-state index contributed by atoms with van der Waals surface area (Å²) in [5.41, 5.74) is 3.19. The number of nitrogens with one attached hydrogen (secondary N) is 1. The number of carbonyl (C=O) groups is 1. The van der Waals surface area contributed by atoms with Gasteiger partial charge in [0.15, 0.2) is 0 Å². The number of hydrogen-bond donors (Lipinski definition) is 1. The Labute approximate surface area is 183 Å². The summed E-state index contributed by atoms with van der Waals surface area (Å²) in [5, 5.41) is 3.44. The number of rotatable bonds is 8. The van der Waals surface area contributed by atoms with Crippen molar-refractivity contribution in [2.24, 2.45) is 5.92 Å². The molecule has 0 aliphatic heterocycles. The van der Waals surface area contributed by atoms with Gasteiger partial charge in [0.1, 0.15) is 0 Å². The van der Waals surface area contributed by atoms with Crippen LogP contribution in [0.15, 0.2) is 47.3 Å². The summed E-state index contributed by atoms with van der Waals surface area (Å²) < 4.78 is 1.73. The van der Waals surface area contributed by atoms with Crippen LogP contribution in [0.5, 0.6) is 0 Å². The second-order valence-electron chi connectivity index (χ2n) is 8.30. The van der Waals surface area contributed by atoms with Gasteiger partial charge >= 0.3 is 0 Å². The lowest BCUT2D eigenvalue weighted by Crippen LogP contribution is -2.33. The van der Waals surface area contributed by atoms with Crippen LogP contribution in [0.4, 0.5) is 5.95 Å². The number of fused-ring (bicyclic) bond motifs is 1. The van der Waals surface area contributed by atoms with E-state index in [0.717, 1.165) is 18.7 Å². The van der Waals surface area contributed by atoms with Gasteiger partial charge in [0.05, 0.1) is 17.4 Å². The molecule has 1 aromatic heterocycles. The second-order valence-corrected chi connectivity index (χ2v) is 8.30. The van der Waals surface area contributed by atoms with Crippen molar-refractivity contribution in [3.05, 3.63) is 69.5 Å². The molecule has 6 nitrogen and oxygen atoms in total. The first kappa shape index (κ1) is 22.5. The third-order valence-electron chi connectivity index (χ3n) is 5.38. The van der Waals surface area contributed by atoms with E-state index in [4.69, 9.17) is 4.98 Å². The van der Waals surface area contributed by atoms with Crippen molar-refractivity contribution in [2.75, 3.05) is 24.5 Å². The fourth-order valence-electron chi connectivity index (χ4n) is 3.52. The first-order chi connectivity index (χ1) is 14.8. The lowest BCUT2D eigenvalue weighted by atomic mass is 10.1. The van der Waals surface area contributed by atoms with Crippen LogP contribution in [-0.2, 0) is 6.54 Å². The third kappa shape index (κ3) is 5.13. The van der Waals surface area contributed by atoms with Crippen LogP contribution in [0.25, 0.3) is 10.9 Å². The average Bonchev–Trinajstić information content (AvgIpc) is 2.76. The number of aryl methyl sites for hydroxylation is 1. The predicted molar refractivity (Wildman–Crippen MR) is 127 cm³/mol. The summed E-state index contributed by atoms with van der Waals surface area (Å²) in [5.74, 6) is 0.846. The maximum absolute atomic E-state index is 13.4. The molecule has 0 radical (unpaired) electrons. The molecule has 0 unspecified atom stereocenters. The van der Waals surface area contributed by atoms with Crippen LogP contribution in [0.1, 0.15) is 49.2 Å². The van der Waals surface area contributed by atoms with E-state index >= 15 is 0 Å². The largest absolute Gasteiger partial charge is 0.352 e. The third-order valence-corrected chi connectivity index (χ3v) is 5.38. The molecule has 3 rings (SSSR count). The summed E-state index contributed by atoms with van der Waals surface area (Å²) in [6, 6.07) is 13.3. The zero-order chi connectivity index (χ0) is 22.5. The molecule has 3 aromatic rings. The van der Waals surface area contributed by atoms with Crippen molar-refractivity contribution in [3.8, 4) is 0 Å². The number of hydrogen-bond acceptors (Lipinski definition) is 4. The highest BCUT2D eigenvalue weighted by Crippen LogP contribution is 2.18. The normalized spacial score (nSPS) is 11.2. The molecule has 31 heavy (non-hydrogen) atoms. The molecule has 1 amide bonds. The maximum Gasteiger partial charge on any atom is 0.263 e. The molecule has 1 N–H and O–H groups in total. The first-order valence-corrected chi connectivity index (χ1v) is 11.0. The van der Waals surface area contributed by atoms with Crippen molar-refractivity contribution in [3.63, 3.8) is 0 Å². The second kappa shape index (κ2) is 9.77. The van der Waals surface area contributed by atoms with Gasteiger partial charge in [0.25, 0.3) is 11.5 Å². The number of nitrogens with zero attached hydrogens (tertiary/aromatic N) is 3. The number of carbonyl (C=O) groups excluding carboxylic acids is 1. The summed E-state index contributed by atoms with van der Waals surface area (Å²) in [7, 11) is 0. The van der Waals surface area contributed by atoms with Gasteiger partial charge in [-0.3, -0.25) is 14.2 Å². The minimum atomic E-state index is -0.148. The zero-order valence-corrected chi connectivity index (χ0v) is 19.1. The molecule has 0 aliphatic rings. The van der Waals surface area contributed by atoms with E-state index in [2.05, 4.69) is 24.1 Å². The topological polar surface area (TPSA) is 67.2 Å². The minimum Gasteiger partial charge on any atom is -0.352 e. The van der Waals surface area contributed by atoms with Crippen LogP contribution >= 0.6 is 0 Å². The summed E-state index contributed by atoms with van der Waals surface area (Å²) in [6.45, 7) is 12.8. The van der Waals surface area contributed by atoms with Gasteiger partial charge in [-0.05, 0) is 50.5 Å².